The molecule has 138 valence electrons. The van der Waals surface area contributed by atoms with E-state index in [1.165, 1.54) is 33.5 Å². The molecule has 1 unspecified atom stereocenters. The second-order valence-corrected chi connectivity index (χ2v) is 7.66. The first-order chi connectivity index (χ1) is 12.4. The molecule has 2 aromatic rings. The first kappa shape index (κ1) is 18.7. The fourth-order valence-electron chi connectivity index (χ4n) is 4.12. The summed E-state index contributed by atoms with van der Waals surface area (Å²) in [6, 6.07) is 11.3. The summed E-state index contributed by atoms with van der Waals surface area (Å²) < 4.78 is 0. The fraction of sp³-hybridized carbons (Fsp3) is 0.435. The highest BCUT2D eigenvalue weighted by atomic mass is 16.1. The molecular weight excluding hydrogens is 320 g/mol. The van der Waals surface area contributed by atoms with Gasteiger partial charge in [-0.1, -0.05) is 18.2 Å². The number of anilines is 1. The molecule has 3 nitrogen and oxygen atoms in total. The van der Waals surface area contributed by atoms with Crippen LogP contribution in [0.4, 0.5) is 5.69 Å². The minimum Gasteiger partial charge on any atom is -0.369 e. The number of hydrogen-bond acceptors (Lipinski definition) is 3. The van der Waals surface area contributed by atoms with E-state index in [1.54, 1.807) is 0 Å². The summed E-state index contributed by atoms with van der Waals surface area (Å²) in [7, 11) is 0. The maximum Gasteiger partial charge on any atom is 0.150 e. The van der Waals surface area contributed by atoms with Crippen molar-refractivity contribution in [3.8, 4) is 0 Å². The molecule has 3 heteroatoms. The summed E-state index contributed by atoms with van der Waals surface area (Å²) in [6.07, 6.45) is 0.937. The standard InChI is InChI=1S/C23H30N2O/c1-16-6-7-22(14-17(16)2)20(5)24-8-10-25(11-9-24)23-18(3)12-21(15-26)13-19(23)4/h6-7,12-15,20H,8-11H2,1-5H3. The third kappa shape index (κ3) is 3.68. The van der Waals surface area contributed by atoms with Crippen LogP contribution in [0.3, 0.4) is 0 Å². The molecule has 1 fully saturated rings. The summed E-state index contributed by atoms with van der Waals surface area (Å²) in [4.78, 5) is 16.1. The number of nitrogens with zero attached hydrogens (tertiary/aromatic N) is 2. The van der Waals surface area contributed by atoms with E-state index in [1.807, 2.05) is 12.1 Å². The van der Waals surface area contributed by atoms with E-state index in [4.69, 9.17) is 0 Å². The normalized spacial score (nSPS) is 16.6. The molecule has 26 heavy (non-hydrogen) atoms. The van der Waals surface area contributed by atoms with Crippen LogP contribution in [-0.4, -0.2) is 37.4 Å². The Kier molecular flexibility index (Phi) is 5.47. The zero-order valence-corrected chi connectivity index (χ0v) is 16.7. The molecule has 1 saturated heterocycles. The van der Waals surface area contributed by atoms with Gasteiger partial charge >= 0.3 is 0 Å². The smallest absolute Gasteiger partial charge is 0.150 e. The largest absolute Gasteiger partial charge is 0.369 e. The van der Waals surface area contributed by atoms with Crippen LogP contribution in [0.25, 0.3) is 0 Å². The summed E-state index contributed by atoms with van der Waals surface area (Å²) in [5, 5.41) is 0. The van der Waals surface area contributed by atoms with Gasteiger partial charge in [0.05, 0.1) is 0 Å². The van der Waals surface area contributed by atoms with Gasteiger partial charge in [0.2, 0.25) is 0 Å². The molecule has 1 aliphatic heterocycles. The predicted molar refractivity (Wildman–Crippen MR) is 109 cm³/mol. The Bertz CT molecular complexity index is 781. The van der Waals surface area contributed by atoms with Crippen molar-refractivity contribution in [2.24, 2.45) is 0 Å². The van der Waals surface area contributed by atoms with Crippen molar-refractivity contribution in [3.05, 3.63) is 63.7 Å². The van der Waals surface area contributed by atoms with E-state index in [-0.39, 0.29) is 0 Å². The molecule has 0 aliphatic carbocycles. The van der Waals surface area contributed by atoms with Gasteiger partial charge in [0, 0.05) is 43.5 Å². The number of carbonyl (C=O) groups excluding carboxylic acids is 1. The molecule has 0 aromatic heterocycles. The van der Waals surface area contributed by atoms with Crippen LogP contribution in [0.5, 0.6) is 0 Å². The van der Waals surface area contributed by atoms with Gasteiger partial charge in [-0.15, -0.1) is 0 Å². The number of rotatable bonds is 4. The van der Waals surface area contributed by atoms with E-state index < -0.39 is 0 Å². The van der Waals surface area contributed by atoms with Crippen molar-refractivity contribution in [1.82, 2.24) is 4.90 Å². The number of aryl methyl sites for hydroxylation is 4. The van der Waals surface area contributed by atoms with Crippen molar-refractivity contribution in [1.29, 1.82) is 0 Å². The Labute approximate surface area is 157 Å². The zero-order chi connectivity index (χ0) is 18.8. The minimum absolute atomic E-state index is 0.441. The molecule has 0 bridgehead atoms. The zero-order valence-electron chi connectivity index (χ0n) is 16.7. The van der Waals surface area contributed by atoms with Crippen molar-refractivity contribution >= 4 is 12.0 Å². The summed E-state index contributed by atoms with van der Waals surface area (Å²) in [5.74, 6) is 0. The lowest BCUT2D eigenvalue weighted by Crippen LogP contribution is -2.47. The van der Waals surface area contributed by atoms with E-state index in [9.17, 15) is 4.79 Å². The molecule has 0 spiro atoms. The molecule has 1 aliphatic rings. The Balaban J connectivity index is 1.71. The van der Waals surface area contributed by atoms with Crippen LogP contribution >= 0.6 is 0 Å². The molecule has 1 atom stereocenters. The molecule has 0 radical (unpaired) electrons. The summed E-state index contributed by atoms with van der Waals surface area (Å²) in [6.45, 7) is 15.1. The second-order valence-electron chi connectivity index (χ2n) is 7.66. The SMILES string of the molecule is Cc1ccc(C(C)N2CCN(c3c(C)cc(C=O)cc3C)CC2)cc1C. The van der Waals surface area contributed by atoms with Gasteiger partial charge < -0.3 is 4.90 Å². The van der Waals surface area contributed by atoms with Crippen LogP contribution in [0.15, 0.2) is 30.3 Å². The Morgan fingerprint density at radius 3 is 2.00 bits per heavy atom. The number of piperazine rings is 1. The first-order valence-electron chi connectivity index (χ1n) is 9.53. The van der Waals surface area contributed by atoms with Crippen LogP contribution in [0.2, 0.25) is 0 Å². The van der Waals surface area contributed by atoms with Crippen molar-refractivity contribution < 1.29 is 4.79 Å². The lowest BCUT2D eigenvalue weighted by atomic mass is 10.00. The van der Waals surface area contributed by atoms with Crippen LogP contribution < -0.4 is 4.90 Å². The third-order valence-corrected chi connectivity index (χ3v) is 5.84. The lowest BCUT2D eigenvalue weighted by molar-refractivity contribution is 0.112. The monoisotopic (exact) mass is 350 g/mol. The van der Waals surface area contributed by atoms with Crippen molar-refractivity contribution in [2.45, 2.75) is 40.7 Å². The van der Waals surface area contributed by atoms with Crippen LogP contribution in [-0.2, 0) is 0 Å². The molecule has 0 saturated carbocycles. The molecule has 2 aromatic carbocycles. The quantitative estimate of drug-likeness (QED) is 0.752. The van der Waals surface area contributed by atoms with E-state index >= 15 is 0 Å². The average Bonchev–Trinajstić information content (AvgIpc) is 2.63. The topological polar surface area (TPSA) is 23.6 Å². The van der Waals surface area contributed by atoms with Crippen molar-refractivity contribution in [3.63, 3.8) is 0 Å². The predicted octanol–water partition coefficient (Wildman–Crippen LogP) is 4.62. The van der Waals surface area contributed by atoms with Crippen LogP contribution in [0.1, 0.15) is 51.1 Å². The molecular formula is C23H30N2O. The average molecular weight is 351 g/mol. The number of benzene rings is 2. The van der Waals surface area contributed by atoms with E-state index in [0.717, 1.165) is 38.0 Å². The Morgan fingerprint density at radius 1 is 0.846 bits per heavy atom. The third-order valence-electron chi connectivity index (χ3n) is 5.84. The first-order valence-corrected chi connectivity index (χ1v) is 9.53. The molecule has 0 amide bonds. The van der Waals surface area contributed by atoms with Gasteiger partial charge in [-0.2, -0.15) is 0 Å². The Hall–Kier alpha value is -2.13. The highest BCUT2D eigenvalue weighted by Gasteiger charge is 2.24. The maximum atomic E-state index is 11.1. The summed E-state index contributed by atoms with van der Waals surface area (Å²) in [5.41, 5.74) is 8.60. The maximum absolute atomic E-state index is 11.1. The minimum atomic E-state index is 0.441. The van der Waals surface area contributed by atoms with Crippen LogP contribution in [0, 0.1) is 27.7 Å². The van der Waals surface area contributed by atoms with Gasteiger partial charge in [-0.3, -0.25) is 9.69 Å². The van der Waals surface area contributed by atoms with Gasteiger partial charge in [0.25, 0.3) is 0 Å². The van der Waals surface area contributed by atoms with E-state index in [0.29, 0.717) is 6.04 Å². The Morgan fingerprint density at radius 2 is 1.46 bits per heavy atom. The molecule has 0 N–H and O–H groups in total. The molecule has 3 rings (SSSR count). The highest BCUT2D eigenvalue weighted by Crippen LogP contribution is 2.29. The number of carbonyl (C=O) groups is 1. The van der Waals surface area contributed by atoms with Gasteiger partial charge in [-0.05, 0) is 74.6 Å². The highest BCUT2D eigenvalue weighted by molar-refractivity contribution is 5.78. The fourth-order valence-corrected chi connectivity index (χ4v) is 4.12. The van der Waals surface area contributed by atoms with Gasteiger partial charge in [-0.25, -0.2) is 0 Å². The number of hydrogen-bond donors (Lipinski definition) is 0. The van der Waals surface area contributed by atoms with Gasteiger partial charge in [0.1, 0.15) is 6.29 Å². The summed E-state index contributed by atoms with van der Waals surface area (Å²) >= 11 is 0. The second kappa shape index (κ2) is 7.63. The lowest BCUT2D eigenvalue weighted by Gasteiger charge is -2.40. The van der Waals surface area contributed by atoms with E-state index in [2.05, 4.69) is 62.6 Å². The molecule has 1 heterocycles. The van der Waals surface area contributed by atoms with Crippen molar-refractivity contribution in [2.75, 3.05) is 31.1 Å². The number of aldehydes is 1. The van der Waals surface area contributed by atoms with Gasteiger partial charge in [0.15, 0.2) is 0 Å².